The molecule has 1 aliphatic rings. The van der Waals surface area contributed by atoms with E-state index in [0.29, 0.717) is 24.3 Å². The number of nitrogens with one attached hydrogen (secondary N) is 2. The summed E-state index contributed by atoms with van der Waals surface area (Å²) >= 11 is 5.75. The molecule has 208 valence electrons. The van der Waals surface area contributed by atoms with Crippen LogP contribution in [0.5, 0.6) is 0 Å². The number of aliphatic hydroxyl groups excluding tert-OH is 1. The van der Waals surface area contributed by atoms with Crippen LogP contribution in [0.15, 0.2) is 59.0 Å². The normalized spacial score (nSPS) is 18.8. The van der Waals surface area contributed by atoms with Crippen molar-refractivity contribution < 1.29 is 29.0 Å². The molecular formula is C29H39ClN2O6. The second kappa shape index (κ2) is 17.3. The topological polar surface area (TPSA) is 114 Å². The number of hydrogen-bond acceptors (Lipinski definition) is 6. The second-order valence-electron chi connectivity index (χ2n) is 9.35. The van der Waals surface area contributed by atoms with Gasteiger partial charge >= 0.3 is 5.97 Å². The fourth-order valence-electron chi connectivity index (χ4n) is 3.46. The number of hydrogen-bond donors (Lipinski definition) is 3. The van der Waals surface area contributed by atoms with Gasteiger partial charge in [0.1, 0.15) is 12.1 Å². The Balaban J connectivity index is 2.59. The van der Waals surface area contributed by atoms with Gasteiger partial charge in [-0.05, 0) is 56.9 Å². The van der Waals surface area contributed by atoms with Gasteiger partial charge in [0, 0.05) is 17.4 Å². The van der Waals surface area contributed by atoms with E-state index < -0.39 is 24.0 Å². The molecule has 0 saturated carbocycles. The van der Waals surface area contributed by atoms with Crippen LogP contribution in [0.4, 0.5) is 0 Å². The Morgan fingerprint density at radius 1 is 1.29 bits per heavy atom. The average Bonchev–Trinajstić information content (AvgIpc) is 2.86. The molecule has 0 radical (unpaired) electrons. The van der Waals surface area contributed by atoms with Crippen molar-refractivity contribution in [3.63, 3.8) is 0 Å². The first kappa shape index (κ1) is 32.7. The van der Waals surface area contributed by atoms with Crippen molar-refractivity contribution in [2.45, 2.75) is 72.1 Å². The highest BCUT2D eigenvalue weighted by molar-refractivity contribution is 6.29. The van der Waals surface area contributed by atoms with E-state index in [2.05, 4.69) is 22.5 Å². The van der Waals surface area contributed by atoms with Crippen LogP contribution >= 0.6 is 11.6 Å². The van der Waals surface area contributed by atoms with Crippen LogP contribution in [-0.2, 0) is 23.9 Å². The van der Waals surface area contributed by atoms with E-state index in [1.807, 2.05) is 33.8 Å². The number of esters is 1. The predicted octanol–water partition coefficient (Wildman–Crippen LogP) is 4.03. The number of amides is 2. The van der Waals surface area contributed by atoms with Crippen LogP contribution in [0, 0.1) is 23.7 Å². The summed E-state index contributed by atoms with van der Waals surface area (Å²) in [5.74, 6) is 3.75. The highest BCUT2D eigenvalue weighted by atomic mass is 35.5. The third kappa shape index (κ3) is 12.8. The van der Waals surface area contributed by atoms with Gasteiger partial charge in [-0.2, -0.15) is 0 Å². The quantitative estimate of drug-likeness (QED) is 0.193. The Hall–Kier alpha value is -3.28. The zero-order chi connectivity index (χ0) is 28.7. The third-order valence-corrected chi connectivity index (χ3v) is 5.76. The molecule has 0 aromatic carbocycles. The Morgan fingerprint density at radius 3 is 2.61 bits per heavy atom. The first-order valence-corrected chi connectivity index (χ1v) is 12.9. The zero-order valence-electron chi connectivity index (χ0n) is 22.9. The molecule has 1 unspecified atom stereocenters. The van der Waals surface area contributed by atoms with Crippen LogP contribution in [0.3, 0.4) is 0 Å². The highest BCUT2D eigenvalue weighted by Gasteiger charge is 2.27. The lowest BCUT2D eigenvalue weighted by Crippen LogP contribution is -2.48. The molecule has 0 aromatic rings. The lowest BCUT2D eigenvalue weighted by atomic mass is 9.97. The molecule has 8 nitrogen and oxygen atoms in total. The van der Waals surface area contributed by atoms with Crippen LogP contribution < -0.4 is 10.6 Å². The van der Waals surface area contributed by atoms with Gasteiger partial charge in [0.05, 0.1) is 13.2 Å². The van der Waals surface area contributed by atoms with Gasteiger partial charge in [-0.1, -0.05) is 68.2 Å². The maximum absolute atomic E-state index is 12.5. The summed E-state index contributed by atoms with van der Waals surface area (Å²) in [6.45, 7) is 9.21. The number of halogens is 1. The monoisotopic (exact) mass is 546 g/mol. The highest BCUT2D eigenvalue weighted by Crippen LogP contribution is 2.22. The van der Waals surface area contributed by atoms with Gasteiger partial charge in [-0.25, -0.2) is 4.79 Å². The van der Waals surface area contributed by atoms with E-state index in [9.17, 15) is 19.5 Å². The SMILES string of the molecule is COC1=CC[C@@H]([C@@H](C)/C=C(C)/C=C\C#CC(=O)NC(C(=O)N/C=C\C[C@@H](O)C/C=C(\C)Cl)C(C)C)OC1=O. The second-order valence-corrected chi connectivity index (χ2v) is 9.94. The van der Waals surface area contributed by atoms with Gasteiger partial charge in [-0.15, -0.1) is 0 Å². The molecule has 0 saturated heterocycles. The maximum atomic E-state index is 12.5. The molecule has 0 aromatic heterocycles. The summed E-state index contributed by atoms with van der Waals surface area (Å²) in [5.41, 5.74) is 0.898. The van der Waals surface area contributed by atoms with Crippen molar-refractivity contribution in [2.24, 2.45) is 11.8 Å². The zero-order valence-corrected chi connectivity index (χ0v) is 23.7. The number of aliphatic hydroxyl groups is 1. The van der Waals surface area contributed by atoms with Gasteiger partial charge in [0.15, 0.2) is 5.76 Å². The number of carbonyl (C=O) groups is 3. The Kier molecular flexibility index (Phi) is 14.9. The summed E-state index contributed by atoms with van der Waals surface area (Å²) in [6, 6.07) is -0.773. The van der Waals surface area contributed by atoms with Crippen LogP contribution in [-0.4, -0.2) is 48.2 Å². The smallest absolute Gasteiger partial charge is 0.373 e. The Bertz CT molecular complexity index is 1040. The van der Waals surface area contributed by atoms with Gasteiger partial charge in [0.25, 0.3) is 5.91 Å². The molecular weight excluding hydrogens is 508 g/mol. The molecule has 1 heterocycles. The molecule has 3 N–H and O–H groups in total. The van der Waals surface area contributed by atoms with Crippen molar-refractivity contribution in [3.05, 3.63) is 59.0 Å². The minimum atomic E-state index is -0.773. The Labute approximate surface area is 230 Å². The summed E-state index contributed by atoms with van der Waals surface area (Å²) in [4.78, 5) is 36.6. The first-order chi connectivity index (χ1) is 17.9. The van der Waals surface area contributed by atoms with Gasteiger partial charge in [-0.3, -0.25) is 9.59 Å². The van der Waals surface area contributed by atoms with Crippen LogP contribution in [0.25, 0.3) is 0 Å². The van der Waals surface area contributed by atoms with Crippen LogP contribution in [0.1, 0.15) is 53.9 Å². The molecule has 1 aliphatic heterocycles. The number of cyclic esters (lactones) is 1. The lowest BCUT2D eigenvalue weighted by molar-refractivity contribution is -0.151. The van der Waals surface area contributed by atoms with E-state index in [1.165, 1.54) is 13.3 Å². The summed E-state index contributed by atoms with van der Waals surface area (Å²) < 4.78 is 10.4. The molecule has 0 fully saturated rings. The Morgan fingerprint density at radius 2 is 2.00 bits per heavy atom. The number of methoxy groups -OCH3 is 1. The molecule has 0 bridgehead atoms. The number of ether oxygens (including phenoxy) is 2. The molecule has 0 spiro atoms. The van der Waals surface area contributed by atoms with Crippen molar-refractivity contribution in [1.82, 2.24) is 10.6 Å². The van der Waals surface area contributed by atoms with E-state index in [-0.39, 0.29) is 29.6 Å². The van der Waals surface area contributed by atoms with Crippen molar-refractivity contribution in [3.8, 4) is 11.8 Å². The minimum absolute atomic E-state index is 0.0242. The molecule has 0 aliphatic carbocycles. The molecule has 2 amide bonds. The minimum Gasteiger partial charge on any atom is -0.490 e. The average molecular weight is 547 g/mol. The van der Waals surface area contributed by atoms with E-state index in [0.717, 1.165) is 5.57 Å². The standard InChI is InChI=1S/C29H39ClN2O6/c1-19(2)27(28(35)31-17-9-11-23(33)14-13-22(5)30)32-26(34)12-8-7-10-20(3)18-21(4)24-15-16-25(37-6)29(36)38-24/h7,9-10,13,16-19,21,23-24,27,33H,11,14-15H2,1-6H3,(H,31,35)(H,32,34)/b10-7-,17-9-,20-18+,22-13+/t21-,23+,24-,27?/m0/s1. The third-order valence-electron chi connectivity index (χ3n) is 5.60. The lowest BCUT2D eigenvalue weighted by Gasteiger charge is -2.25. The largest absolute Gasteiger partial charge is 0.490 e. The van der Waals surface area contributed by atoms with E-state index >= 15 is 0 Å². The van der Waals surface area contributed by atoms with Gasteiger partial charge < -0.3 is 25.2 Å². The fraction of sp³-hybridized carbons (Fsp3) is 0.483. The molecule has 1 rings (SSSR count). The van der Waals surface area contributed by atoms with E-state index in [4.69, 9.17) is 21.1 Å². The first-order valence-electron chi connectivity index (χ1n) is 12.5. The molecule has 9 heteroatoms. The summed E-state index contributed by atoms with van der Waals surface area (Å²) in [7, 11) is 1.43. The maximum Gasteiger partial charge on any atom is 0.373 e. The predicted molar refractivity (Wildman–Crippen MR) is 148 cm³/mol. The number of carbonyl (C=O) groups excluding carboxylic acids is 3. The van der Waals surface area contributed by atoms with Crippen molar-refractivity contribution >= 4 is 29.4 Å². The van der Waals surface area contributed by atoms with Crippen LogP contribution in [0.2, 0.25) is 0 Å². The molecule has 38 heavy (non-hydrogen) atoms. The van der Waals surface area contributed by atoms with Crippen molar-refractivity contribution in [2.75, 3.05) is 7.11 Å². The van der Waals surface area contributed by atoms with Crippen molar-refractivity contribution in [1.29, 1.82) is 0 Å². The number of allylic oxidation sites excluding steroid dienone is 4. The van der Waals surface area contributed by atoms with Gasteiger partial charge in [0.2, 0.25) is 5.91 Å². The summed E-state index contributed by atoms with van der Waals surface area (Å²) in [6.07, 6.45) is 12.3. The van der Waals surface area contributed by atoms with E-state index in [1.54, 1.807) is 37.3 Å². The molecule has 4 atom stereocenters. The fourth-order valence-corrected chi connectivity index (χ4v) is 3.55. The number of rotatable bonds is 12. The summed E-state index contributed by atoms with van der Waals surface area (Å²) in [5, 5.41) is 15.7.